The molecule has 27 heavy (non-hydrogen) atoms. The predicted octanol–water partition coefficient (Wildman–Crippen LogP) is 4.86. The number of nitrogens with one attached hydrogen (secondary N) is 1. The summed E-state index contributed by atoms with van der Waals surface area (Å²) in [4.78, 5) is 13.9. The van der Waals surface area contributed by atoms with Gasteiger partial charge in [0, 0.05) is 6.54 Å². The Morgan fingerprint density at radius 1 is 0.926 bits per heavy atom. The second kappa shape index (κ2) is 21.2. The predicted molar refractivity (Wildman–Crippen MR) is 116 cm³/mol. The highest BCUT2D eigenvalue weighted by Crippen LogP contribution is 2.11. The molecule has 0 bridgehead atoms. The summed E-state index contributed by atoms with van der Waals surface area (Å²) >= 11 is 0. The molecule has 0 spiro atoms. The third-order valence-corrected chi connectivity index (χ3v) is 4.76. The highest BCUT2D eigenvalue weighted by molar-refractivity contribution is 5.67. The van der Waals surface area contributed by atoms with E-state index in [0.29, 0.717) is 6.54 Å². The molecule has 0 saturated carbocycles. The van der Waals surface area contributed by atoms with Gasteiger partial charge in [-0.25, -0.2) is 4.79 Å². The van der Waals surface area contributed by atoms with E-state index in [-0.39, 0.29) is 12.7 Å². The van der Waals surface area contributed by atoms with Crippen LogP contribution in [0.4, 0.5) is 4.79 Å². The maximum atomic E-state index is 11.4. The first kappa shape index (κ1) is 25.9. The largest absolute Gasteiger partial charge is 0.445 e. The first-order chi connectivity index (χ1) is 13.2. The third-order valence-electron chi connectivity index (χ3n) is 4.76. The number of hydrogen-bond donors (Lipinski definition) is 2. The monoisotopic (exact) mass is 383 g/mol. The minimum atomic E-state index is -0.363. The van der Waals surface area contributed by atoms with Gasteiger partial charge in [0.1, 0.15) is 6.61 Å². The summed E-state index contributed by atoms with van der Waals surface area (Å²) in [5, 5.41) is 2.78. The van der Waals surface area contributed by atoms with E-state index in [2.05, 4.69) is 23.7 Å². The number of unbranched alkanes of at least 4 members (excludes halogenated alkanes) is 9. The second-order valence-corrected chi connectivity index (χ2v) is 7.33. The zero-order valence-corrected chi connectivity index (χ0v) is 17.9. The summed E-state index contributed by atoms with van der Waals surface area (Å²) in [6.45, 7) is 10.6. The van der Waals surface area contributed by atoms with Crippen LogP contribution in [-0.4, -0.2) is 50.3 Å². The Balaban J connectivity index is 3.66. The van der Waals surface area contributed by atoms with E-state index in [1.807, 2.05) is 0 Å². The van der Waals surface area contributed by atoms with E-state index in [0.717, 1.165) is 39.0 Å². The van der Waals surface area contributed by atoms with Crippen molar-refractivity contribution in [2.45, 2.75) is 84.0 Å². The average molecular weight is 384 g/mol. The van der Waals surface area contributed by atoms with Gasteiger partial charge in [0.15, 0.2) is 0 Å². The normalized spacial score (nSPS) is 10.9. The summed E-state index contributed by atoms with van der Waals surface area (Å²) in [7, 11) is 0. The molecule has 0 rings (SSSR count). The van der Waals surface area contributed by atoms with Gasteiger partial charge in [-0.2, -0.15) is 0 Å². The molecular weight excluding hydrogens is 338 g/mol. The zero-order valence-electron chi connectivity index (χ0n) is 17.9. The molecule has 0 fully saturated rings. The standard InChI is InChI=1S/C22H45N3O2/c1-3-5-6-7-8-9-10-11-12-13-18-25(19-14-16-23)20-15-17-24-22(26)27-21-4-2/h4H,2-3,5-21,23H2,1H3,(H,24,26). The van der Waals surface area contributed by atoms with Gasteiger partial charge in [0.2, 0.25) is 0 Å². The van der Waals surface area contributed by atoms with Gasteiger partial charge in [-0.3, -0.25) is 0 Å². The number of ether oxygens (including phenoxy) is 1. The van der Waals surface area contributed by atoms with E-state index >= 15 is 0 Å². The molecule has 3 N–H and O–H groups in total. The molecule has 5 nitrogen and oxygen atoms in total. The first-order valence-electron chi connectivity index (χ1n) is 11.2. The Morgan fingerprint density at radius 2 is 1.48 bits per heavy atom. The summed E-state index contributed by atoms with van der Waals surface area (Å²) < 4.78 is 4.90. The highest BCUT2D eigenvalue weighted by atomic mass is 16.5. The van der Waals surface area contributed by atoms with Gasteiger partial charge < -0.3 is 20.7 Å². The number of nitrogens with two attached hydrogens (primary N) is 1. The number of alkyl carbamates (subject to hydrolysis) is 1. The van der Waals surface area contributed by atoms with Crippen molar-refractivity contribution in [2.24, 2.45) is 5.73 Å². The lowest BCUT2D eigenvalue weighted by Gasteiger charge is -2.22. The molecule has 0 aliphatic heterocycles. The van der Waals surface area contributed by atoms with Crippen molar-refractivity contribution in [3.8, 4) is 0 Å². The smallest absolute Gasteiger partial charge is 0.407 e. The molecule has 0 atom stereocenters. The molecule has 0 unspecified atom stereocenters. The fourth-order valence-corrected chi connectivity index (χ4v) is 3.15. The summed E-state index contributed by atoms with van der Waals surface area (Å²) in [6, 6.07) is 0. The van der Waals surface area contributed by atoms with Crippen LogP contribution in [0, 0.1) is 0 Å². The zero-order chi connectivity index (χ0) is 20.0. The molecule has 0 saturated heterocycles. The maximum Gasteiger partial charge on any atom is 0.407 e. The molecular formula is C22H45N3O2. The third kappa shape index (κ3) is 19.5. The lowest BCUT2D eigenvalue weighted by Crippen LogP contribution is -2.32. The van der Waals surface area contributed by atoms with Crippen LogP contribution in [0.3, 0.4) is 0 Å². The van der Waals surface area contributed by atoms with Crippen LogP contribution in [0.2, 0.25) is 0 Å². The summed E-state index contributed by atoms with van der Waals surface area (Å²) in [5.74, 6) is 0. The Labute approximate surface area is 168 Å². The molecule has 160 valence electrons. The lowest BCUT2D eigenvalue weighted by molar-refractivity contribution is 0.157. The van der Waals surface area contributed by atoms with Crippen molar-refractivity contribution in [3.63, 3.8) is 0 Å². The minimum absolute atomic E-state index is 0.257. The van der Waals surface area contributed by atoms with E-state index in [9.17, 15) is 4.79 Å². The van der Waals surface area contributed by atoms with Crippen LogP contribution in [0.1, 0.15) is 84.0 Å². The molecule has 0 radical (unpaired) electrons. The van der Waals surface area contributed by atoms with Crippen LogP contribution in [0.5, 0.6) is 0 Å². The van der Waals surface area contributed by atoms with Crippen molar-refractivity contribution in [2.75, 3.05) is 39.3 Å². The quantitative estimate of drug-likeness (QED) is 0.233. The van der Waals surface area contributed by atoms with Gasteiger partial charge in [-0.1, -0.05) is 77.4 Å². The van der Waals surface area contributed by atoms with Crippen LogP contribution in [0.25, 0.3) is 0 Å². The van der Waals surface area contributed by atoms with Gasteiger partial charge in [-0.15, -0.1) is 0 Å². The van der Waals surface area contributed by atoms with Crippen LogP contribution in [-0.2, 0) is 4.74 Å². The number of amides is 1. The Kier molecular flexibility index (Phi) is 20.4. The molecule has 0 aromatic heterocycles. The van der Waals surface area contributed by atoms with Crippen molar-refractivity contribution < 1.29 is 9.53 Å². The van der Waals surface area contributed by atoms with E-state index in [1.54, 1.807) is 6.08 Å². The van der Waals surface area contributed by atoms with Gasteiger partial charge >= 0.3 is 6.09 Å². The number of carbonyl (C=O) groups is 1. The maximum absolute atomic E-state index is 11.4. The molecule has 0 aliphatic carbocycles. The van der Waals surface area contributed by atoms with E-state index < -0.39 is 0 Å². The molecule has 5 heteroatoms. The second-order valence-electron chi connectivity index (χ2n) is 7.33. The Bertz CT molecular complexity index is 338. The van der Waals surface area contributed by atoms with Gasteiger partial charge in [0.25, 0.3) is 0 Å². The van der Waals surface area contributed by atoms with Crippen molar-refractivity contribution in [1.29, 1.82) is 0 Å². The van der Waals surface area contributed by atoms with Gasteiger partial charge in [0.05, 0.1) is 0 Å². The van der Waals surface area contributed by atoms with Crippen LogP contribution < -0.4 is 11.1 Å². The molecule has 0 aromatic rings. The topological polar surface area (TPSA) is 67.6 Å². The SMILES string of the molecule is C=CCOC(=O)NCCCN(CCCN)CCCCCCCCCCCC. The Morgan fingerprint density at radius 3 is 2.07 bits per heavy atom. The Hall–Kier alpha value is -1.07. The molecule has 1 amide bonds. The van der Waals surface area contributed by atoms with Crippen molar-refractivity contribution in [1.82, 2.24) is 10.2 Å². The number of nitrogens with zero attached hydrogens (tertiary/aromatic N) is 1. The average Bonchev–Trinajstić information content (AvgIpc) is 2.68. The van der Waals surface area contributed by atoms with E-state index in [1.165, 1.54) is 64.2 Å². The number of carbonyl (C=O) groups excluding carboxylic acids is 1. The molecule has 0 heterocycles. The minimum Gasteiger partial charge on any atom is -0.445 e. The first-order valence-corrected chi connectivity index (χ1v) is 11.2. The highest BCUT2D eigenvalue weighted by Gasteiger charge is 2.05. The summed E-state index contributed by atoms with van der Waals surface area (Å²) in [5.41, 5.74) is 5.66. The molecule has 0 aromatic carbocycles. The fraction of sp³-hybridized carbons (Fsp3) is 0.864. The van der Waals surface area contributed by atoms with Crippen LogP contribution >= 0.6 is 0 Å². The lowest BCUT2D eigenvalue weighted by atomic mass is 10.1. The van der Waals surface area contributed by atoms with Gasteiger partial charge in [-0.05, 0) is 45.4 Å². The van der Waals surface area contributed by atoms with Crippen LogP contribution in [0.15, 0.2) is 12.7 Å². The van der Waals surface area contributed by atoms with Crippen molar-refractivity contribution >= 4 is 6.09 Å². The van der Waals surface area contributed by atoms with Crippen molar-refractivity contribution in [3.05, 3.63) is 12.7 Å². The molecule has 0 aliphatic rings. The number of hydrogen-bond acceptors (Lipinski definition) is 4. The number of rotatable bonds is 20. The van der Waals surface area contributed by atoms with E-state index in [4.69, 9.17) is 10.5 Å². The summed E-state index contributed by atoms with van der Waals surface area (Å²) in [6.07, 6.45) is 16.8. The fourth-order valence-electron chi connectivity index (χ4n) is 3.15.